The minimum Gasteiger partial charge on any atom is -0.465 e. The lowest BCUT2D eigenvalue weighted by atomic mass is 9.99. The molecule has 1 aromatic heterocycles. The number of ether oxygens (including phenoxy) is 1. The predicted molar refractivity (Wildman–Crippen MR) is 96.6 cm³/mol. The SMILES string of the molecule is COC1=Cc2ccccc2-c2ccccc2N1c1cccc[n+]1C. The Morgan fingerprint density at radius 1 is 0.833 bits per heavy atom. The second kappa shape index (κ2) is 5.85. The first-order chi connectivity index (χ1) is 11.8. The van der Waals surface area contributed by atoms with E-state index in [1.54, 1.807) is 7.11 Å². The highest BCUT2D eigenvalue weighted by Crippen LogP contribution is 2.41. The average Bonchev–Trinajstić information content (AvgIpc) is 2.77. The number of rotatable bonds is 2. The van der Waals surface area contributed by atoms with Gasteiger partial charge in [0.05, 0.1) is 20.4 Å². The molecule has 0 aliphatic carbocycles. The second-order valence-corrected chi connectivity index (χ2v) is 5.80. The largest absolute Gasteiger partial charge is 0.465 e. The van der Waals surface area contributed by atoms with E-state index in [-0.39, 0.29) is 0 Å². The number of aromatic nitrogens is 1. The Kier molecular flexibility index (Phi) is 3.54. The van der Waals surface area contributed by atoms with E-state index in [0.29, 0.717) is 0 Å². The number of pyridine rings is 1. The number of methoxy groups -OCH3 is 1. The Hall–Kier alpha value is -3.07. The molecule has 0 bridgehead atoms. The molecule has 0 saturated carbocycles. The van der Waals surface area contributed by atoms with E-state index in [1.807, 2.05) is 25.4 Å². The van der Waals surface area contributed by atoms with Crippen LogP contribution in [0, 0.1) is 0 Å². The van der Waals surface area contributed by atoms with Crippen molar-refractivity contribution in [1.29, 1.82) is 0 Å². The lowest BCUT2D eigenvalue weighted by molar-refractivity contribution is -0.658. The first kappa shape index (κ1) is 14.5. The standard InChI is InChI=1S/C21H19N2O/c1-22-14-8-7-13-20(22)23-19-12-6-5-11-18(19)17-10-4-3-9-16(17)15-21(23)24-2/h3-15H,1-2H3/q+1. The van der Waals surface area contributed by atoms with E-state index in [1.165, 1.54) is 11.1 Å². The van der Waals surface area contributed by atoms with Gasteiger partial charge in [0, 0.05) is 17.7 Å². The van der Waals surface area contributed by atoms with Gasteiger partial charge < -0.3 is 4.74 Å². The van der Waals surface area contributed by atoms with Crippen molar-refractivity contribution in [2.24, 2.45) is 7.05 Å². The number of anilines is 2. The summed E-state index contributed by atoms with van der Waals surface area (Å²) in [6.45, 7) is 0. The molecular formula is C21H19N2O+. The molecule has 24 heavy (non-hydrogen) atoms. The second-order valence-electron chi connectivity index (χ2n) is 5.80. The van der Waals surface area contributed by atoms with E-state index in [0.717, 1.165) is 23.0 Å². The van der Waals surface area contributed by atoms with Crippen LogP contribution in [-0.4, -0.2) is 7.11 Å². The Balaban J connectivity index is 2.05. The molecule has 3 aromatic rings. The fraction of sp³-hybridized carbons (Fsp3) is 0.0952. The summed E-state index contributed by atoms with van der Waals surface area (Å²) >= 11 is 0. The van der Waals surface area contributed by atoms with Crippen LogP contribution in [0.2, 0.25) is 0 Å². The Morgan fingerprint density at radius 3 is 2.33 bits per heavy atom. The van der Waals surface area contributed by atoms with Gasteiger partial charge in [-0.25, -0.2) is 4.57 Å². The van der Waals surface area contributed by atoms with Crippen molar-refractivity contribution < 1.29 is 9.30 Å². The highest BCUT2D eigenvalue weighted by Gasteiger charge is 2.31. The molecule has 1 aliphatic rings. The Labute approximate surface area is 142 Å². The first-order valence-electron chi connectivity index (χ1n) is 7.98. The molecule has 0 amide bonds. The minimum atomic E-state index is 0.800. The van der Waals surface area contributed by atoms with Crippen LogP contribution < -0.4 is 9.47 Å². The van der Waals surface area contributed by atoms with Crippen LogP contribution in [0.5, 0.6) is 0 Å². The van der Waals surface area contributed by atoms with Crippen molar-refractivity contribution in [1.82, 2.24) is 0 Å². The van der Waals surface area contributed by atoms with Gasteiger partial charge in [0.15, 0.2) is 0 Å². The summed E-state index contributed by atoms with van der Waals surface area (Å²) in [7, 11) is 3.77. The molecule has 2 heterocycles. The monoisotopic (exact) mass is 315 g/mol. The number of hydrogen-bond donors (Lipinski definition) is 0. The van der Waals surface area contributed by atoms with E-state index >= 15 is 0 Å². The smallest absolute Gasteiger partial charge is 0.289 e. The van der Waals surface area contributed by atoms with Crippen LogP contribution in [0.1, 0.15) is 5.56 Å². The lowest BCUT2D eigenvalue weighted by Crippen LogP contribution is -2.36. The highest BCUT2D eigenvalue weighted by atomic mass is 16.5. The molecule has 0 fully saturated rings. The minimum absolute atomic E-state index is 0.800. The van der Waals surface area contributed by atoms with Crippen molar-refractivity contribution in [2.45, 2.75) is 0 Å². The molecule has 0 atom stereocenters. The van der Waals surface area contributed by atoms with Gasteiger partial charge in [-0.2, -0.15) is 4.90 Å². The van der Waals surface area contributed by atoms with E-state index < -0.39 is 0 Å². The van der Waals surface area contributed by atoms with Crippen LogP contribution >= 0.6 is 0 Å². The van der Waals surface area contributed by atoms with Crippen molar-refractivity contribution in [3.63, 3.8) is 0 Å². The molecule has 0 saturated heterocycles. The topological polar surface area (TPSA) is 16.4 Å². The van der Waals surface area contributed by atoms with Crippen molar-refractivity contribution in [2.75, 3.05) is 12.0 Å². The quantitative estimate of drug-likeness (QED) is 0.657. The molecule has 1 aliphatic heterocycles. The number of para-hydroxylation sites is 1. The average molecular weight is 315 g/mol. The van der Waals surface area contributed by atoms with Gasteiger partial charge in [-0.05, 0) is 23.3 Å². The summed E-state index contributed by atoms with van der Waals surface area (Å²) in [6, 6.07) is 23.0. The molecule has 3 heteroatoms. The maximum absolute atomic E-state index is 5.78. The van der Waals surface area contributed by atoms with Gasteiger partial charge in [0.2, 0.25) is 0 Å². The molecule has 118 valence electrons. The summed E-state index contributed by atoms with van der Waals surface area (Å²) in [5.74, 6) is 1.85. The number of benzene rings is 2. The van der Waals surface area contributed by atoms with Crippen molar-refractivity contribution in [3.05, 3.63) is 84.4 Å². The zero-order valence-electron chi connectivity index (χ0n) is 13.8. The summed E-state index contributed by atoms with van der Waals surface area (Å²) in [6.07, 6.45) is 4.14. The van der Waals surface area contributed by atoms with Gasteiger partial charge >= 0.3 is 0 Å². The number of nitrogens with zero attached hydrogens (tertiary/aromatic N) is 2. The zero-order chi connectivity index (χ0) is 16.5. The number of aryl methyl sites for hydroxylation is 1. The van der Waals surface area contributed by atoms with Crippen LogP contribution in [-0.2, 0) is 11.8 Å². The normalized spacial score (nSPS) is 12.8. The van der Waals surface area contributed by atoms with Gasteiger partial charge in [0.25, 0.3) is 11.7 Å². The number of fused-ring (bicyclic) bond motifs is 3. The van der Waals surface area contributed by atoms with Gasteiger partial charge in [0.1, 0.15) is 5.69 Å². The Morgan fingerprint density at radius 2 is 1.54 bits per heavy atom. The third-order valence-corrected chi connectivity index (χ3v) is 4.36. The fourth-order valence-corrected chi connectivity index (χ4v) is 3.21. The summed E-state index contributed by atoms with van der Waals surface area (Å²) in [5.41, 5.74) is 4.67. The van der Waals surface area contributed by atoms with Gasteiger partial charge in [-0.15, -0.1) is 0 Å². The third kappa shape index (κ3) is 2.26. The van der Waals surface area contributed by atoms with E-state index in [4.69, 9.17) is 4.74 Å². The van der Waals surface area contributed by atoms with Crippen molar-refractivity contribution in [3.8, 4) is 11.1 Å². The third-order valence-electron chi connectivity index (χ3n) is 4.36. The van der Waals surface area contributed by atoms with Gasteiger partial charge in [-0.3, -0.25) is 0 Å². The van der Waals surface area contributed by atoms with Crippen LogP contribution in [0.3, 0.4) is 0 Å². The molecule has 0 radical (unpaired) electrons. The molecule has 3 nitrogen and oxygen atoms in total. The molecule has 4 rings (SSSR count). The summed E-state index contributed by atoms with van der Waals surface area (Å²) < 4.78 is 7.88. The molecule has 0 spiro atoms. The fourth-order valence-electron chi connectivity index (χ4n) is 3.21. The summed E-state index contributed by atoms with van der Waals surface area (Å²) in [4.78, 5) is 2.16. The lowest BCUT2D eigenvalue weighted by Gasteiger charge is -2.19. The van der Waals surface area contributed by atoms with Crippen LogP contribution in [0.15, 0.2) is 78.8 Å². The van der Waals surface area contributed by atoms with Crippen LogP contribution in [0.25, 0.3) is 17.2 Å². The van der Waals surface area contributed by atoms with Gasteiger partial charge in [-0.1, -0.05) is 48.5 Å². The predicted octanol–water partition coefficient (Wildman–Crippen LogP) is 4.27. The zero-order valence-corrected chi connectivity index (χ0v) is 13.8. The summed E-state index contributed by atoms with van der Waals surface area (Å²) in [5, 5.41) is 0. The van der Waals surface area contributed by atoms with Crippen LogP contribution in [0.4, 0.5) is 11.5 Å². The number of hydrogen-bond acceptors (Lipinski definition) is 2. The molecule has 2 aromatic carbocycles. The highest BCUT2D eigenvalue weighted by molar-refractivity contribution is 5.90. The molecular weight excluding hydrogens is 296 g/mol. The van der Waals surface area contributed by atoms with E-state index in [9.17, 15) is 0 Å². The first-order valence-corrected chi connectivity index (χ1v) is 7.98. The maximum Gasteiger partial charge on any atom is 0.289 e. The Bertz CT molecular complexity index is 930. The van der Waals surface area contributed by atoms with E-state index in [2.05, 4.69) is 70.1 Å². The maximum atomic E-state index is 5.78. The van der Waals surface area contributed by atoms with Crippen molar-refractivity contribution >= 4 is 17.6 Å². The molecule has 0 N–H and O–H groups in total. The molecule has 0 unspecified atom stereocenters.